The van der Waals surface area contributed by atoms with E-state index < -0.39 is 90.1 Å². The predicted molar refractivity (Wildman–Crippen MR) is 343 cm³/mol. The van der Waals surface area contributed by atoms with Crippen LogP contribution in [0, 0.1) is 20.2 Å². The van der Waals surface area contributed by atoms with E-state index in [0.29, 0.717) is 37.0 Å². The Morgan fingerprint density at radius 1 is 0.568 bits per heavy atom. The largest absolute Gasteiger partial charge is 0.506 e. The van der Waals surface area contributed by atoms with Crippen LogP contribution in [0.3, 0.4) is 0 Å². The second kappa shape index (κ2) is 35.5. The number of aliphatic carboxylic acids is 1. The molecular formula is C58H75I4N7O12. The van der Waals surface area contributed by atoms with Crippen molar-refractivity contribution in [2.45, 2.75) is 173 Å². The summed E-state index contributed by atoms with van der Waals surface area (Å²) in [6.45, 7) is 5.12. The number of hydrogen-bond donors (Lipinski definition) is 10. The fourth-order valence-corrected chi connectivity index (χ4v) is 12.9. The molecule has 81 heavy (non-hydrogen) atoms. The number of phenols is 1. The molecule has 0 saturated carbocycles. The number of carbonyl (C=O) groups excluding carboxylic acids is 7. The van der Waals surface area contributed by atoms with Gasteiger partial charge in [0.15, 0.2) is 5.75 Å². The number of aliphatic hydroxyl groups is 1. The van der Waals surface area contributed by atoms with Crippen molar-refractivity contribution in [1.29, 1.82) is 0 Å². The smallest absolute Gasteiger partial charge is 0.326 e. The molecule has 0 aromatic heterocycles. The summed E-state index contributed by atoms with van der Waals surface area (Å²) >= 11 is 8.31. The molecule has 442 valence electrons. The Labute approximate surface area is 528 Å². The predicted octanol–water partition coefficient (Wildman–Crippen LogP) is 8.30. The molecule has 1 unspecified atom stereocenters. The van der Waals surface area contributed by atoms with E-state index in [1.54, 1.807) is 18.2 Å². The fourth-order valence-electron chi connectivity index (χ4n) is 9.07. The van der Waals surface area contributed by atoms with Crippen LogP contribution in [0.4, 0.5) is 0 Å². The molecule has 0 radical (unpaired) electrons. The van der Waals surface area contributed by atoms with Gasteiger partial charge in [0, 0.05) is 25.7 Å². The summed E-state index contributed by atoms with van der Waals surface area (Å²) in [7, 11) is 0. The molecule has 7 amide bonds. The normalized spacial score (nSPS) is 13.5. The van der Waals surface area contributed by atoms with Gasteiger partial charge in [-0.05, 0) is 169 Å². The van der Waals surface area contributed by atoms with Crippen molar-refractivity contribution < 1.29 is 58.4 Å². The molecule has 0 spiro atoms. The number of aliphatic hydroxyl groups excluding tert-OH is 1. The highest BCUT2D eigenvalue weighted by Gasteiger charge is 2.33. The number of benzene rings is 4. The lowest BCUT2D eigenvalue weighted by atomic mass is 9.98. The Hall–Kier alpha value is -4.62. The molecule has 4 aromatic rings. The van der Waals surface area contributed by atoms with Crippen LogP contribution in [0.5, 0.6) is 17.2 Å². The minimum absolute atomic E-state index is 0.000792. The highest BCUT2D eigenvalue weighted by atomic mass is 127. The zero-order valence-electron chi connectivity index (χ0n) is 45.8. The van der Waals surface area contributed by atoms with Gasteiger partial charge in [0.1, 0.15) is 41.7 Å². The van der Waals surface area contributed by atoms with E-state index in [1.165, 1.54) is 6.92 Å². The maximum absolute atomic E-state index is 13.8. The first-order valence-electron chi connectivity index (χ1n) is 27.2. The summed E-state index contributed by atoms with van der Waals surface area (Å²) in [4.78, 5) is 103. The van der Waals surface area contributed by atoms with Gasteiger partial charge in [0.2, 0.25) is 41.4 Å². The minimum atomic E-state index is -1.33. The Morgan fingerprint density at radius 2 is 1.06 bits per heavy atom. The number of nitrogens with two attached hydrogens (primary N) is 2. The number of carboxylic acid groups (broad SMARTS) is 1. The number of halogens is 4. The van der Waals surface area contributed by atoms with Crippen LogP contribution in [0.1, 0.15) is 135 Å². The van der Waals surface area contributed by atoms with Crippen molar-refractivity contribution in [3.05, 3.63) is 92.1 Å². The van der Waals surface area contributed by atoms with Gasteiger partial charge in [-0.2, -0.15) is 0 Å². The van der Waals surface area contributed by atoms with E-state index in [9.17, 15) is 53.7 Å². The van der Waals surface area contributed by atoms with Crippen LogP contribution in [-0.4, -0.2) is 99.0 Å². The van der Waals surface area contributed by atoms with Crippen LogP contribution < -0.4 is 42.8 Å². The van der Waals surface area contributed by atoms with Gasteiger partial charge in [0.05, 0.1) is 26.8 Å². The Morgan fingerprint density at radius 3 is 1.58 bits per heavy atom. The number of phenolic OH excluding ortho intramolecular Hbond substituents is 1. The lowest BCUT2D eigenvalue weighted by molar-refractivity contribution is -0.142. The third kappa shape index (κ3) is 24.2. The van der Waals surface area contributed by atoms with Gasteiger partial charge in [-0.15, -0.1) is 0 Å². The molecule has 0 aliphatic rings. The SMILES string of the molecule is CC(C)C[C@H](NC(=O)[C@@H](NC(=O)CCCCCCCCCCCCCCC(=O)N[C@@H](CC(N)=O)C(=O)N[C@@H](Cc1cccc2ccccc12)C(=O)O)C(C)O)C(=O)N[C@@H](Cc1cc(I)c(Oc2cc(I)c(O)c(I)c2)c(I)c1)C(N)=O. The zero-order valence-corrected chi connectivity index (χ0v) is 54.4. The number of unbranched alkanes of at least 4 members (excludes halogenated alkanes) is 11. The Bertz CT molecular complexity index is 2770. The molecule has 12 N–H and O–H groups in total. The standard InChI is InChI=1S/C58H75I4N7O12/c1-33(2)25-45(55(76)66-44(54(64)75)28-35-26-42(61)53(43(62)27-35)81-38-30-40(59)52(74)41(60)31-38)67-57(78)51(34(3)70)69-50(73)24-15-13-11-9-7-5-4-6-8-10-12-14-23-49(72)65-46(32-48(63)71)56(77)68-47(58(79)80)29-37-21-18-20-36-19-16-17-22-39(36)37/h16-22,26-27,30-31,33-34,44-47,51,70,74H,4-15,23-25,28-29,32H2,1-3H3,(H2,63,71)(H2,64,75)(H,65,72)(H,66,76)(H,67,78)(H,68,77)(H,69,73)(H,79,80)/t34?,44-,45-,46-,47-,51-/m0/s1. The Balaban J connectivity index is 1.10. The van der Waals surface area contributed by atoms with Crippen molar-refractivity contribution >= 4 is 148 Å². The third-order valence-corrected chi connectivity index (χ3v) is 16.6. The molecule has 4 rings (SSSR count). The number of amides is 7. The van der Waals surface area contributed by atoms with E-state index in [4.69, 9.17) is 16.2 Å². The topological polar surface area (TPSA) is 319 Å². The summed E-state index contributed by atoms with van der Waals surface area (Å²) in [5, 5.41) is 45.5. The average molecular weight is 1570 g/mol. The summed E-state index contributed by atoms with van der Waals surface area (Å²) in [5.41, 5.74) is 12.6. The molecular weight excluding hydrogens is 1490 g/mol. The van der Waals surface area contributed by atoms with E-state index in [-0.39, 0.29) is 43.8 Å². The second-order valence-electron chi connectivity index (χ2n) is 20.6. The number of ether oxygens (including phenoxy) is 1. The fraction of sp³-hybridized carbons (Fsp3) is 0.483. The van der Waals surface area contributed by atoms with Crippen molar-refractivity contribution in [1.82, 2.24) is 26.6 Å². The molecule has 23 heteroatoms. The number of rotatable bonds is 36. The molecule has 0 saturated heterocycles. The lowest BCUT2D eigenvalue weighted by Gasteiger charge is -2.27. The third-order valence-electron chi connectivity index (χ3n) is 13.3. The molecule has 0 aliphatic carbocycles. The van der Waals surface area contributed by atoms with Gasteiger partial charge in [-0.3, -0.25) is 33.6 Å². The Kier molecular flexibility index (Phi) is 30.2. The number of hydrogen-bond acceptors (Lipinski definition) is 11. The monoisotopic (exact) mass is 1570 g/mol. The molecule has 0 fully saturated rings. The van der Waals surface area contributed by atoms with Gasteiger partial charge in [0.25, 0.3) is 0 Å². The number of aromatic hydroxyl groups is 1. The first-order chi connectivity index (χ1) is 38.4. The molecule has 6 atom stereocenters. The van der Waals surface area contributed by atoms with Crippen LogP contribution in [0.2, 0.25) is 0 Å². The molecule has 0 aliphatic heterocycles. The molecule has 4 aromatic carbocycles. The summed E-state index contributed by atoms with van der Waals surface area (Å²) in [6.07, 6.45) is 9.65. The zero-order chi connectivity index (χ0) is 59.8. The number of carboxylic acids is 1. The van der Waals surface area contributed by atoms with Crippen molar-refractivity contribution in [3.8, 4) is 17.2 Å². The van der Waals surface area contributed by atoms with E-state index in [2.05, 4.69) is 71.8 Å². The van der Waals surface area contributed by atoms with Gasteiger partial charge in [-0.25, -0.2) is 4.79 Å². The van der Waals surface area contributed by atoms with Crippen molar-refractivity contribution in [2.75, 3.05) is 0 Å². The lowest BCUT2D eigenvalue weighted by Crippen LogP contribution is -2.59. The van der Waals surface area contributed by atoms with Crippen LogP contribution >= 0.6 is 90.4 Å². The first-order valence-corrected chi connectivity index (χ1v) is 31.5. The summed E-state index contributed by atoms with van der Waals surface area (Å²) in [6, 6.07) is 13.9. The average Bonchev–Trinajstić information content (AvgIpc) is 3.44. The summed E-state index contributed by atoms with van der Waals surface area (Å²) in [5.74, 6) is -4.62. The van der Waals surface area contributed by atoms with Crippen molar-refractivity contribution in [2.24, 2.45) is 17.4 Å². The quantitative estimate of drug-likeness (QED) is 0.0152. The number of nitrogens with one attached hydrogen (secondary N) is 5. The van der Waals surface area contributed by atoms with Gasteiger partial charge < -0.3 is 58.1 Å². The highest BCUT2D eigenvalue weighted by Crippen LogP contribution is 2.37. The molecule has 0 bridgehead atoms. The maximum Gasteiger partial charge on any atom is 0.326 e. The van der Waals surface area contributed by atoms with E-state index >= 15 is 0 Å². The van der Waals surface area contributed by atoms with Crippen molar-refractivity contribution in [3.63, 3.8) is 0 Å². The summed E-state index contributed by atoms with van der Waals surface area (Å²) < 4.78 is 8.93. The minimum Gasteiger partial charge on any atom is -0.506 e. The van der Waals surface area contributed by atoms with Crippen LogP contribution in [0.25, 0.3) is 10.8 Å². The highest BCUT2D eigenvalue weighted by molar-refractivity contribution is 14.1. The number of primary amides is 2. The first kappa shape index (κ1) is 68.9. The van der Waals surface area contributed by atoms with Crippen LogP contribution in [0.15, 0.2) is 66.7 Å². The number of carbonyl (C=O) groups is 8. The van der Waals surface area contributed by atoms with E-state index in [1.807, 2.05) is 108 Å². The molecule has 0 heterocycles. The molecule has 19 nitrogen and oxygen atoms in total. The maximum atomic E-state index is 13.8. The van der Waals surface area contributed by atoms with Gasteiger partial charge in [-0.1, -0.05) is 121 Å². The van der Waals surface area contributed by atoms with Crippen LogP contribution in [-0.2, 0) is 51.2 Å². The second-order valence-corrected chi connectivity index (χ2v) is 25.3. The van der Waals surface area contributed by atoms with E-state index in [0.717, 1.165) is 87.7 Å². The van der Waals surface area contributed by atoms with Gasteiger partial charge >= 0.3 is 5.97 Å². The number of fused-ring (bicyclic) bond motifs is 1.